The van der Waals surface area contributed by atoms with Gasteiger partial charge in [0.2, 0.25) is 0 Å². The Labute approximate surface area is 438 Å². The van der Waals surface area contributed by atoms with Crippen molar-refractivity contribution in [2.45, 2.75) is 272 Å². The molecule has 0 aliphatic rings. The Morgan fingerprint density at radius 1 is 0.403 bits per heavy atom. The number of nitrogens with zero attached hydrogens (tertiary/aromatic N) is 2. The molecule has 0 fully saturated rings. The summed E-state index contributed by atoms with van der Waals surface area (Å²) >= 11 is 11.9. The van der Waals surface area contributed by atoms with Gasteiger partial charge in [0.25, 0.3) is 0 Å². The topological polar surface area (TPSA) is 25.8 Å². The zero-order chi connectivity index (χ0) is 47.9. The Kier molecular flexibility index (Phi) is 31.8. The molecule has 0 saturated carbocycles. The fourth-order valence-electron chi connectivity index (χ4n) is 10.3. The minimum Gasteiger partial charge on any atom is -0.203 e. The van der Waals surface area contributed by atoms with Gasteiger partial charge in [0.15, 0.2) is 11.6 Å². The molecule has 0 atom stereocenters. The van der Waals surface area contributed by atoms with Gasteiger partial charge in [-0.2, -0.15) is 8.75 Å². The van der Waals surface area contributed by atoms with Gasteiger partial charge >= 0.3 is 0 Å². The van der Waals surface area contributed by atoms with E-state index >= 15 is 8.78 Å². The Morgan fingerprint density at radius 3 is 0.925 bits per heavy atom. The third-order valence-corrected chi connectivity index (χ3v) is 19.0. The molecule has 0 spiro atoms. The summed E-state index contributed by atoms with van der Waals surface area (Å²) in [4.78, 5) is 1.47. The van der Waals surface area contributed by atoms with Crippen LogP contribution in [0, 0.1) is 23.5 Å². The smallest absolute Gasteiger partial charge is 0.170 e. The number of aromatic nitrogens is 2. The molecule has 0 aliphatic heterocycles. The summed E-state index contributed by atoms with van der Waals surface area (Å²) in [6, 6.07) is 4.25. The molecule has 0 N–H and O–H groups in total. The highest BCUT2D eigenvalue weighted by Gasteiger charge is 2.28. The molecule has 67 heavy (non-hydrogen) atoms. The first-order valence-electron chi connectivity index (χ1n) is 28.0. The molecule has 2 nitrogen and oxygen atoms in total. The maximum Gasteiger partial charge on any atom is 0.170 e. The van der Waals surface area contributed by atoms with Crippen LogP contribution < -0.4 is 0 Å². The van der Waals surface area contributed by atoms with Crippen LogP contribution in [0.4, 0.5) is 8.78 Å². The predicted molar refractivity (Wildman–Crippen MR) is 303 cm³/mol. The van der Waals surface area contributed by atoms with Crippen LogP contribution in [-0.2, 0) is 12.8 Å². The minimum atomic E-state index is -0.807. The second-order valence-corrected chi connectivity index (χ2v) is 25.6. The van der Waals surface area contributed by atoms with Gasteiger partial charge in [-0.25, -0.2) is 8.78 Å². The molecular weight excluding hydrogens is 1020 g/mol. The number of hydrogen-bond acceptors (Lipinski definition) is 5. The van der Waals surface area contributed by atoms with Gasteiger partial charge < -0.3 is 0 Å². The number of thiophene rings is 2. The van der Waals surface area contributed by atoms with Gasteiger partial charge in [0, 0.05) is 9.75 Å². The second-order valence-electron chi connectivity index (χ2n) is 20.4. The molecule has 0 saturated heterocycles. The molecule has 0 radical (unpaired) electrons. The van der Waals surface area contributed by atoms with E-state index in [1.165, 1.54) is 265 Å². The van der Waals surface area contributed by atoms with Gasteiger partial charge in [-0.1, -0.05) is 259 Å². The Morgan fingerprint density at radius 2 is 0.657 bits per heavy atom. The van der Waals surface area contributed by atoms with E-state index in [1.807, 2.05) is 0 Å². The molecule has 0 aliphatic carbocycles. The summed E-state index contributed by atoms with van der Waals surface area (Å²) in [6.45, 7) is 9.14. The predicted octanol–water partition coefficient (Wildman–Crippen LogP) is 23.4. The maximum atomic E-state index is 16.8. The van der Waals surface area contributed by atoms with Crippen LogP contribution >= 0.6 is 66.3 Å². The molecule has 4 rings (SSSR count). The molecule has 380 valence electrons. The highest BCUT2D eigenvalue weighted by molar-refractivity contribution is 9.11. The highest BCUT2D eigenvalue weighted by Crippen LogP contribution is 2.47. The Hall–Kier alpha value is -0.740. The van der Waals surface area contributed by atoms with Crippen LogP contribution in [0.25, 0.3) is 31.9 Å². The van der Waals surface area contributed by atoms with Crippen molar-refractivity contribution >= 4 is 77.3 Å². The lowest BCUT2D eigenvalue weighted by Gasteiger charge is -2.17. The minimum absolute atomic E-state index is 0.260. The highest BCUT2D eigenvalue weighted by atomic mass is 79.9. The van der Waals surface area contributed by atoms with Crippen molar-refractivity contribution in [3.63, 3.8) is 0 Å². The number of hydrogen-bond donors (Lipinski definition) is 0. The number of benzene rings is 1. The maximum absolute atomic E-state index is 16.8. The number of rotatable bonds is 42. The van der Waals surface area contributed by atoms with Gasteiger partial charge in [0.05, 0.1) is 30.4 Å². The summed E-state index contributed by atoms with van der Waals surface area (Å²) in [5, 5.41) is 0. The van der Waals surface area contributed by atoms with Gasteiger partial charge in [-0.05, 0) is 79.8 Å². The Balaban J connectivity index is 1.47. The van der Waals surface area contributed by atoms with Crippen LogP contribution in [0.1, 0.15) is 270 Å². The first-order chi connectivity index (χ1) is 32.8. The third kappa shape index (κ3) is 21.9. The van der Waals surface area contributed by atoms with Crippen LogP contribution in [0.5, 0.6) is 0 Å². The first kappa shape index (κ1) is 58.8. The zero-order valence-corrected chi connectivity index (χ0v) is 48.4. The van der Waals surface area contributed by atoms with E-state index in [0.717, 1.165) is 41.9 Å². The van der Waals surface area contributed by atoms with Gasteiger partial charge in [-0.15, -0.1) is 22.7 Å². The second kappa shape index (κ2) is 36.2. The van der Waals surface area contributed by atoms with Gasteiger partial charge in [0.1, 0.15) is 11.0 Å². The third-order valence-electron chi connectivity index (χ3n) is 14.5. The number of halogens is 4. The van der Waals surface area contributed by atoms with Crippen molar-refractivity contribution in [3.05, 3.63) is 42.5 Å². The number of fused-ring (bicyclic) bond motifs is 1. The van der Waals surface area contributed by atoms with Crippen LogP contribution in [0.2, 0.25) is 0 Å². The molecule has 3 heterocycles. The average molecular weight is 1110 g/mol. The molecule has 9 heteroatoms. The van der Waals surface area contributed by atoms with Crippen molar-refractivity contribution in [2.75, 3.05) is 0 Å². The van der Waals surface area contributed by atoms with E-state index < -0.39 is 11.6 Å². The molecule has 0 amide bonds. The molecule has 4 aromatic rings. The SMILES string of the molecule is CCCCCCCCCCC(CCCCCCCCCC)Cc1cc(-c2c(F)c(F)c(-c3cc(CC(CCCCCCCCCC)CCCCCCCCCC)c(Br)s3)c3nsnc23)sc1Br. The van der Waals surface area contributed by atoms with Crippen molar-refractivity contribution in [1.82, 2.24) is 8.75 Å². The van der Waals surface area contributed by atoms with Crippen LogP contribution in [-0.4, -0.2) is 8.75 Å². The van der Waals surface area contributed by atoms with E-state index in [9.17, 15) is 0 Å². The largest absolute Gasteiger partial charge is 0.203 e. The summed E-state index contributed by atoms with van der Waals surface area (Å²) in [5.74, 6) is -0.428. The normalized spacial score (nSPS) is 12.0. The number of unbranched alkanes of at least 4 members (excludes halogenated alkanes) is 28. The van der Waals surface area contributed by atoms with E-state index in [2.05, 4.69) is 80.4 Å². The van der Waals surface area contributed by atoms with Crippen LogP contribution in [0.15, 0.2) is 19.7 Å². The van der Waals surface area contributed by atoms with Crippen molar-refractivity contribution in [3.8, 4) is 20.9 Å². The van der Waals surface area contributed by atoms with Crippen LogP contribution in [0.3, 0.4) is 0 Å². The molecule has 3 aromatic heterocycles. The summed E-state index contributed by atoms with van der Waals surface area (Å²) in [5.41, 5.74) is 3.89. The van der Waals surface area contributed by atoms with E-state index in [1.54, 1.807) is 0 Å². The lowest BCUT2D eigenvalue weighted by Crippen LogP contribution is -2.05. The lowest BCUT2D eigenvalue weighted by atomic mass is 9.89. The van der Waals surface area contributed by atoms with Crippen molar-refractivity contribution < 1.29 is 8.78 Å². The fraction of sp³-hybridized carbons (Fsp3) is 0.759. The molecule has 0 unspecified atom stereocenters. The molecular formula is C58H92Br2F2N2S3. The Bertz CT molecular complexity index is 1700. The first-order valence-corrected chi connectivity index (χ1v) is 32.0. The fourth-order valence-corrected chi connectivity index (χ4v) is 14.4. The molecule has 0 bridgehead atoms. The van der Waals surface area contributed by atoms with E-state index in [4.69, 9.17) is 0 Å². The van der Waals surface area contributed by atoms with Crippen molar-refractivity contribution in [2.24, 2.45) is 11.8 Å². The monoisotopic (exact) mass is 1110 g/mol. The molecule has 1 aromatic carbocycles. The average Bonchev–Trinajstić information content (AvgIpc) is 4.05. The van der Waals surface area contributed by atoms with E-state index in [-0.39, 0.29) is 11.1 Å². The van der Waals surface area contributed by atoms with Crippen molar-refractivity contribution in [1.29, 1.82) is 0 Å². The lowest BCUT2D eigenvalue weighted by molar-refractivity contribution is 0.400. The summed E-state index contributed by atoms with van der Waals surface area (Å²) in [7, 11) is 0. The summed E-state index contributed by atoms with van der Waals surface area (Å²) < 4.78 is 44.9. The van der Waals surface area contributed by atoms with E-state index in [0.29, 0.717) is 22.9 Å². The zero-order valence-electron chi connectivity index (χ0n) is 42.8. The summed E-state index contributed by atoms with van der Waals surface area (Å²) in [6.07, 6.45) is 49.5. The van der Waals surface area contributed by atoms with Gasteiger partial charge in [-0.3, -0.25) is 0 Å². The standard InChI is InChI=1S/C58H92Br2F2N2S3/c1-5-9-13-17-21-25-29-33-37-45(38-34-30-26-22-18-14-10-6-2)41-47-43-49(65-57(47)59)51-53(61)54(62)52(56-55(51)63-67-64-56)50-44-48(58(60)66-50)42-46(39-35-31-27-23-19-15-11-7-3)40-36-32-28-24-20-16-12-8-4/h43-46H,5-42H2,1-4H3. The quantitative estimate of drug-likeness (QED) is 0.0413.